The maximum atomic E-state index is 5.42. The zero-order valence-corrected chi connectivity index (χ0v) is 13.3. The van der Waals surface area contributed by atoms with Crippen molar-refractivity contribution in [3.05, 3.63) is 24.2 Å². The summed E-state index contributed by atoms with van der Waals surface area (Å²) in [6.45, 7) is 1.72. The second kappa shape index (κ2) is 5.31. The summed E-state index contributed by atoms with van der Waals surface area (Å²) < 4.78 is 5.31. The Balaban J connectivity index is 1.29. The third-order valence-electron chi connectivity index (χ3n) is 5.79. The highest BCUT2D eigenvalue weighted by Crippen LogP contribution is 2.59. The van der Waals surface area contributed by atoms with E-state index >= 15 is 0 Å². The molecule has 21 heavy (non-hydrogen) atoms. The third kappa shape index (κ3) is 2.83. The van der Waals surface area contributed by atoms with Crippen molar-refractivity contribution in [3.8, 4) is 0 Å². The van der Waals surface area contributed by atoms with E-state index in [0.29, 0.717) is 12.0 Å². The average molecular weight is 304 g/mol. The quantitative estimate of drug-likeness (QED) is 0.835. The Morgan fingerprint density at radius 2 is 1.81 bits per heavy atom. The molecular formula is C17H24N2OS. The molecule has 4 saturated carbocycles. The summed E-state index contributed by atoms with van der Waals surface area (Å²) in [7, 11) is 0. The van der Waals surface area contributed by atoms with Gasteiger partial charge in [-0.05, 0) is 86.0 Å². The highest BCUT2D eigenvalue weighted by atomic mass is 32.1. The Bertz CT molecular complexity index is 476. The molecule has 5 rings (SSSR count). The summed E-state index contributed by atoms with van der Waals surface area (Å²) in [5, 5.41) is 7.49. The molecule has 2 N–H and O–H groups in total. The lowest BCUT2D eigenvalue weighted by molar-refractivity contribution is -0.0491. The van der Waals surface area contributed by atoms with E-state index in [1.807, 2.05) is 12.1 Å². The highest BCUT2D eigenvalue weighted by Gasteiger charge is 2.50. The first kappa shape index (κ1) is 13.6. The first-order valence-electron chi connectivity index (χ1n) is 8.25. The van der Waals surface area contributed by atoms with Crippen molar-refractivity contribution < 1.29 is 4.42 Å². The van der Waals surface area contributed by atoms with Crippen LogP contribution in [-0.4, -0.2) is 11.7 Å². The van der Waals surface area contributed by atoms with E-state index in [0.717, 1.165) is 35.2 Å². The van der Waals surface area contributed by atoms with Gasteiger partial charge in [0.1, 0.15) is 5.76 Å². The molecule has 4 fully saturated rings. The highest BCUT2D eigenvalue weighted by molar-refractivity contribution is 7.80. The molecule has 0 aliphatic heterocycles. The maximum absolute atomic E-state index is 5.42. The number of rotatable bonds is 4. The van der Waals surface area contributed by atoms with Crippen LogP contribution in [0, 0.1) is 23.2 Å². The number of furan rings is 1. The van der Waals surface area contributed by atoms with Crippen LogP contribution in [0.3, 0.4) is 0 Å². The lowest BCUT2D eigenvalue weighted by atomic mass is 9.49. The summed E-state index contributed by atoms with van der Waals surface area (Å²) in [6.07, 6.45) is 10.5. The molecule has 4 aliphatic carbocycles. The van der Waals surface area contributed by atoms with Crippen molar-refractivity contribution >= 4 is 17.3 Å². The molecule has 0 spiro atoms. The molecule has 1 aromatic heterocycles. The van der Waals surface area contributed by atoms with Gasteiger partial charge < -0.3 is 15.1 Å². The van der Waals surface area contributed by atoms with Crippen LogP contribution in [0.15, 0.2) is 22.8 Å². The first-order valence-corrected chi connectivity index (χ1v) is 8.66. The van der Waals surface area contributed by atoms with Gasteiger partial charge >= 0.3 is 0 Å². The number of thiocarbonyl (C=S) groups is 1. The van der Waals surface area contributed by atoms with Gasteiger partial charge in [-0.1, -0.05) is 0 Å². The number of hydrogen-bond acceptors (Lipinski definition) is 2. The van der Waals surface area contributed by atoms with Crippen molar-refractivity contribution in [1.82, 2.24) is 10.6 Å². The monoisotopic (exact) mass is 304 g/mol. The van der Waals surface area contributed by atoms with Crippen molar-refractivity contribution in [3.63, 3.8) is 0 Å². The molecule has 4 bridgehead atoms. The summed E-state index contributed by atoms with van der Waals surface area (Å²) in [5.74, 6) is 3.93. The van der Waals surface area contributed by atoms with Crippen molar-refractivity contribution in [2.75, 3.05) is 6.54 Å². The largest absolute Gasteiger partial charge is 0.467 e. The molecule has 114 valence electrons. The Morgan fingerprint density at radius 3 is 2.38 bits per heavy atom. The topological polar surface area (TPSA) is 37.2 Å². The van der Waals surface area contributed by atoms with Crippen molar-refractivity contribution in [2.45, 2.75) is 45.1 Å². The van der Waals surface area contributed by atoms with Gasteiger partial charge in [0.2, 0.25) is 0 Å². The van der Waals surface area contributed by atoms with E-state index < -0.39 is 0 Å². The fourth-order valence-corrected chi connectivity index (χ4v) is 5.56. The van der Waals surface area contributed by atoms with Crippen LogP contribution in [0.1, 0.15) is 44.3 Å². The number of hydrogen-bond donors (Lipinski definition) is 2. The van der Waals surface area contributed by atoms with Crippen LogP contribution in [0.4, 0.5) is 0 Å². The molecule has 0 aromatic carbocycles. The molecule has 0 saturated heterocycles. The Kier molecular flexibility index (Phi) is 3.44. The molecule has 4 aliphatic rings. The fraction of sp³-hybridized carbons (Fsp3) is 0.706. The first-order chi connectivity index (χ1) is 10.2. The minimum absolute atomic E-state index is 0.533. The van der Waals surface area contributed by atoms with Crippen molar-refractivity contribution in [1.29, 1.82) is 0 Å². The van der Waals surface area contributed by atoms with E-state index in [2.05, 4.69) is 10.6 Å². The summed E-state index contributed by atoms with van der Waals surface area (Å²) in [4.78, 5) is 0. The van der Waals surface area contributed by atoms with E-state index in [9.17, 15) is 0 Å². The van der Waals surface area contributed by atoms with Gasteiger partial charge in [0.15, 0.2) is 5.11 Å². The van der Waals surface area contributed by atoms with Crippen LogP contribution in [-0.2, 0) is 6.54 Å². The second-order valence-electron chi connectivity index (χ2n) is 7.53. The molecule has 3 nitrogen and oxygen atoms in total. The van der Waals surface area contributed by atoms with Gasteiger partial charge in [0.25, 0.3) is 0 Å². The van der Waals surface area contributed by atoms with Crippen LogP contribution >= 0.6 is 12.2 Å². The SMILES string of the molecule is S=C(NCc1ccco1)NCC12CC3CC(CC(C3)C1)C2. The lowest BCUT2D eigenvalue weighted by Gasteiger charge is -2.57. The predicted octanol–water partition coefficient (Wildman–Crippen LogP) is 3.46. The van der Waals surface area contributed by atoms with Gasteiger partial charge in [-0.3, -0.25) is 0 Å². The minimum atomic E-state index is 0.533. The zero-order chi connectivity index (χ0) is 14.3. The summed E-state index contributed by atoms with van der Waals surface area (Å²) in [6, 6.07) is 3.87. The van der Waals surface area contributed by atoms with Gasteiger partial charge in [0, 0.05) is 6.54 Å². The van der Waals surface area contributed by atoms with E-state index in [-0.39, 0.29) is 0 Å². The number of nitrogens with one attached hydrogen (secondary N) is 2. The predicted molar refractivity (Wildman–Crippen MR) is 86.8 cm³/mol. The van der Waals surface area contributed by atoms with Crippen LogP contribution < -0.4 is 10.6 Å². The molecule has 0 amide bonds. The van der Waals surface area contributed by atoms with Crippen LogP contribution in [0.5, 0.6) is 0 Å². The molecule has 1 heterocycles. The summed E-state index contributed by atoms with van der Waals surface area (Å²) >= 11 is 5.42. The van der Waals surface area contributed by atoms with Gasteiger partial charge in [-0.2, -0.15) is 0 Å². The van der Waals surface area contributed by atoms with Crippen LogP contribution in [0.2, 0.25) is 0 Å². The molecule has 4 heteroatoms. The van der Waals surface area contributed by atoms with Gasteiger partial charge in [-0.15, -0.1) is 0 Å². The molecule has 1 aromatic rings. The smallest absolute Gasteiger partial charge is 0.166 e. The van der Waals surface area contributed by atoms with Gasteiger partial charge in [-0.25, -0.2) is 0 Å². The minimum Gasteiger partial charge on any atom is -0.467 e. The van der Waals surface area contributed by atoms with Gasteiger partial charge in [0.05, 0.1) is 12.8 Å². The molecule has 0 atom stereocenters. The molecule has 0 radical (unpaired) electrons. The van der Waals surface area contributed by atoms with Crippen molar-refractivity contribution in [2.24, 2.45) is 23.2 Å². The van der Waals surface area contributed by atoms with Crippen LogP contribution in [0.25, 0.3) is 0 Å². The molecular weight excluding hydrogens is 280 g/mol. The second-order valence-corrected chi connectivity index (χ2v) is 7.94. The summed E-state index contributed by atoms with van der Waals surface area (Å²) in [5.41, 5.74) is 0.533. The van der Waals surface area contributed by atoms with E-state index in [1.165, 1.54) is 38.5 Å². The molecule has 0 unspecified atom stereocenters. The maximum Gasteiger partial charge on any atom is 0.166 e. The Labute approximate surface area is 131 Å². The fourth-order valence-electron chi connectivity index (χ4n) is 5.42. The normalized spacial score (nSPS) is 36.7. The standard InChI is InChI=1S/C17H24N2OS/c21-16(18-10-15-2-1-3-20-15)19-11-17-7-12-4-13(8-17)6-14(5-12)9-17/h1-3,12-14H,4-11H2,(H2,18,19,21). The van der Waals surface area contributed by atoms with E-state index in [4.69, 9.17) is 16.6 Å². The lowest BCUT2D eigenvalue weighted by Crippen LogP contribution is -2.52. The Morgan fingerprint density at radius 1 is 1.14 bits per heavy atom. The third-order valence-corrected chi connectivity index (χ3v) is 6.08. The Hall–Kier alpha value is -1.03. The average Bonchev–Trinajstić information content (AvgIpc) is 2.95. The van der Waals surface area contributed by atoms with E-state index in [1.54, 1.807) is 6.26 Å². The zero-order valence-electron chi connectivity index (χ0n) is 12.4.